The zero-order valence-electron chi connectivity index (χ0n) is 11.5. The molecule has 1 aromatic rings. The van der Waals surface area contributed by atoms with Crippen LogP contribution >= 0.6 is 15.9 Å². The minimum Gasteiger partial charge on any atom is -0.507 e. The van der Waals surface area contributed by atoms with Gasteiger partial charge in [0, 0.05) is 10.9 Å². The molecule has 0 aliphatic carbocycles. The number of nitrogens with one attached hydrogen (secondary N) is 2. The number of carbonyl (C=O) groups excluding carboxylic acids is 2. The van der Waals surface area contributed by atoms with E-state index in [2.05, 4.69) is 26.8 Å². The summed E-state index contributed by atoms with van der Waals surface area (Å²) in [5, 5.41) is 9.60. The van der Waals surface area contributed by atoms with E-state index >= 15 is 0 Å². The van der Waals surface area contributed by atoms with Crippen molar-refractivity contribution in [3.8, 4) is 5.75 Å². The molecule has 1 fully saturated rings. The number of carbonyl (C=O) groups is 2. The molecule has 1 atom stereocenters. The van der Waals surface area contributed by atoms with Crippen LogP contribution in [0, 0.1) is 5.92 Å². The van der Waals surface area contributed by atoms with Gasteiger partial charge in [-0.3, -0.25) is 20.4 Å². The lowest BCUT2D eigenvalue weighted by atomic mass is 10.1. The fourth-order valence-electron chi connectivity index (χ4n) is 2.23. The number of sulfone groups is 1. The zero-order chi connectivity index (χ0) is 16.3. The standard InChI is InChI=1S/C13H15BrN2O5S/c14-9-1-2-11(17)10(6-9)13(19)16-15-12(18)5-8-3-4-22(20,21)7-8/h1-2,6,8,17H,3-5,7H2,(H,15,18)(H,16,19). The first-order chi connectivity index (χ1) is 10.3. The van der Waals surface area contributed by atoms with E-state index in [0.29, 0.717) is 10.9 Å². The molecular weight excluding hydrogens is 376 g/mol. The highest BCUT2D eigenvalue weighted by Crippen LogP contribution is 2.22. The molecule has 1 aliphatic rings. The Bertz CT molecular complexity index is 704. The van der Waals surface area contributed by atoms with Gasteiger partial charge in [0.2, 0.25) is 5.91 Å². The van der Waals surface area contributed by atoms with Crippen LogP contribution in [0.2, 0.25) is 0 Å². The summed E-state index contributed by atoms with van der Waals surface area (Å²) in [5.74, 6) is -1.46. The van der Waals surface area contributed by atoms with Gasteiger partial charge in [-0.2, -0.15) is 0 Å². The molecule has 0 radical (unpaired) electrons. The summed E-state index contributed by atoms with van der Waals surface area (Å²) in [7, 11) is -3.03. The van der Waals surface area contributed by atoms with Gasteiger partial charge in [0.15, 0.2) is 9.84 Å². The van der Waals surface area contributed by atoms with Crippen LogP contribution in [0.25, 0.3) is 0 Å². The van der Waals surface area contributed by atoms with Crippen LogP contribution in [0.1, 0.15) is 23.2 Å². The summed E-state index contributed by atoms with van der Waals surface area (Å²) in [6.45, 7) is 0. The Balaban J connectivity index is 1.86. The van der Waals surface area contributed by atoms with Crippen LogP contribution < -0.4 is 10.9 Å². The first-order valence-corrected chi connectivity index (χ1v) is 9.16. The summed E-state index contributed by atoms with van der Waals surface area (Å²) in [4.78, 5) is 23.6. The summed E-state index contributed by atoms with van der Waals surface area (Å²) < 4.78 is 23.2. The van der Waals surface area contributed by atoms with Crippen molar-refractivity contribution in [1.82, 2.24) is 10.9 Å². The second-order valence-corrected chi connectivity index (χ2v) is 8.28. The van der Waals surface area contributed by atoms with E-state index in [1.165, 1.54) is 12.1 Å². The lowest BCUT2D eigenvalue weighted by Crippen LogP contribution is -2.42. The lowest BCUT2D eigenvalue weighted by molar-refractivity contribution is -0.122. The van der Waals surface area contributed by atoms with Gasteiger partial charge < -0.3 is 5.11 Å². The topological polar surface area (TPSA) is 113 Å². The van der Waals surface area contributed by atoms with Crippen molar-refractivity contribution in [3.05, 3.63) is 28.2 Å². The second-order valence-electron chi connectivity index (χ2n) is 5.14. The fourth-order valence-corrected chi connectivity index (χ4v) is 4.45. The number of halogens is 1. The first-order valence-electron chi connectivity index (χ1n) is 6.55. The number of phenols is 1. The van der Waals surface area contributed by atoms with Crippen LogP contribution in [-0.2, 0) is 14.6 Å². The van der Waals surface area contributed by atoms with Gasteiger partial charge in [-0.05, 0) is 30.5 Å². The third-order valence-electron chi connectivity index (χ3n) is 3.32. The Hall–Kier alpha value is -1.61. The summed E-state index contributed by atoms with van der Waals surface area (Å²) >= 11 is 3.18. The molecule has 120 valence electrons. The van der Waals surface area contributed by atoms with Gasteiger partial charge in [0.05, 0.1) is 17.1 Å². The highest BCUT2D eigenvalue weighted by molar-refractivity contribution is 9.10. The molecule has 7 nitrogen and oxygen atoms in total. The average Bonchev–Trinajstić information content (AvgIpc) is 2.78. The molecule has 0 spiro atoms. The maximum atomic E-state index is 11.9. The minimum atomic E-state index is -3.03. The largest absolute Gasteiger partial charge is 0.507 e. The molecule has 1 aromatic carbocycles. The first kappa shape index (κ1) is 16.8. The van der Waals surface area contributed by atoms with Crippen LogP contribution in [0.15, 0.2) is 22.7 Å². The van der Waals surface area contributed by atoms with Crippen molar-refractivity contribution in [2.75, 3.05) is 11.5 Å². The normalized spacial score (nSPS) is 19.6. The molecule has 1 unspecified atom stereocenters. The maximum absolute atomic E-state index is 11.9. The monoisotopic (exact) mass is 390 g/mol. The van der Waals surface area contributed by atoms with E-state index in [-0.39, 0.29) is 35.2 Å². The molecule has 0 bridgehead atoms. The number of benzene rings is 1. The van der Waals surface area contributed by atoms with Crippen molar-refractivity contribution in [2.45, 2.75) is 12.8 Å². The van der Waals surface area contributed by atoms with Gasteiger partial charge in [0.25, 0.3) is 5.91 Å². The number of aromatic hydroxyl groups is 1. The van der Waals surface area contributed by atoms with Crippen molar-refractivity contribution < 1.29 is 23.1 Å². The number of hydrogen-bond donors (Lipinski definition) is 3. The number of hydrogen-bond acceptors (Lipinski definition) is 5. The quantitative estimate of drug-likeness (QED) is 0.658. The number of rotatable bonds is 3. The van der Waals surface area contributed by atoms with Crippen molar-refractivity contribution >= 4 is 37.6 Å². The molecule has 3 N–H and O–H groups in total. The molecular formula is C13H15BrN2O5S. The van der Waals surface area contributed by atoms with Crippen molar-refractivity contribution in [2.24, 2.45) is 5.92 Å². The highest BCUT2D eigenvalue weighted by atomic mass is 79.9. The highest BCUT2D eigenvalue weighted by Gasteiger charge is 2.29. The molecule has 9 heteroatoms. The smallest absolute Gasteiger partial charge is 0.273 e. The molecule has 0 saturated carbocycles. The molecule has 1 saturated heterocycles. The third-order valence-corrected chi connectivity index (χ3v) is 5.65. The van der Waals surface area contributed by atoms with E-state index < -0.39 is 21.7 Å². The van der Waals surface area contributed by atoms with Crippen LogP contribution in [-0.4, -0.2) is 36.8 Å². The average molecular weight is 391 g/mol. The van der Waals surface area contributed by atoms with E-state index in [1.807, 2.05) is 0 Å². The molecule has 2 amide bonds. The molecule has 1 heterocycles. The van der Waals surface area contributed by atoms with Crippen molar-refractivity contribution in [3.63, 3.8) is 0 Å². The number of amides is 2. The Morgan fingerprint density at radius 1 is 1.32 bits per heavy atom. The fraction of sp³-hybridized carbons (Fsp3) is 0.385. The van der Waals surface area contributed by atoms with Gasteiger partial charge in [-0.1, -0.05) is 15.9 Å². The van der Waals surface area contributed by atoms with E-state index in [0.717, 1.165) is 0 Å². The molecule has 22 heavy (non-hydrogen) atoms. The van der Waals surface area contributed by atoms with Crippen LogP contribution in [0.4, 0.5) is 0 Å². The third kappa shape index (κ3) is 4.44. The minimum absolute atomic E-state index is 0.000780. The molecule has 0 aromatic heterocycles. The van der Waals surface area contributed by atoms with E-state index in [1.54, 1.807) is 6.07 Å². The second kappa shape index (κ2) is 6.66. The van der Waals surface area contributed by atoms with E-state index in [9.17, 15) is 23.1 Å². The Labute approximate surface area is 136 Å². The summed E-state index contributed by atoms with van der Waals surface area (Å²) in [6.07, 6.45) is 0.486. The number of hydrazine groups is 1. The molecule has 1 aliphatic heterocycles. The summed E-state index contributed by atoms with van der Waals surface area (Å²) in [6, 6.07) is 4.34. The lowest BCUT2D eigenvalue weighted by Gasteiger charge is -2.10. The SMILES string of the molecule is O=C(CC1CCS(=O)(=O)C1)NNC(=O)c1cc(Br)ccc1O. The Morgan fingerprint density at radius 3 is 2.68 bits per heavy atom. The molecule has 2 rings (SSSR count). The Kier molecular flexibility index (Phi) is 5.07. The van der Waals surface area contributed by atoms with E-state index in [4.69, 9.17) is 0 Å². The number of phenolic OH excluding ortho intramolecular Hbond substituents is 1. The summed E-state index contributed by atoms with van der Waals surface area (Å²) in [5.41, 5.74) is 4.43. The van der Waals surface area contributed by atoms with Gasteiger partial charge in [-0.15, -0.1) is 0 Å². The van der Waals surface area contributed by atoms with Gasteiger partial charge in [-0.25, -0.2) is 8.42 Å². The predicted molar refractivity (Wildman–Crippen MR) is 82.8 cm³/mol. The predicted octanol–water partition coefficient (Wildman–Crippen LogP) is 0.740. The van der Waals surface area contributed by atoms with Gasteiger partial charge >= 0.3 is 0 Å². The van der Waals surface area contributed by atoms with Crippen LogP contribution in [0.5, 0.6) is 5.75 Å². The van der Waals surface area contributed by atoms with Gasteiger partial charge in [0.1, 0.15) is 5.75 Å². The van der Waals surface area contributed by atoms with Crippen molar-refractivity contribution in [1.29, 1.82) is 0 Å². The zero-order valence-corrected chi connectivity index (χ0v) is 13.9. The maximum Gasteiger partial charge on any atom is 0.273 e. The van der Waals surface area contributed by atoms with Crippen LogP contribution in [0.3, 0.4) is 0 Å². The Morgan fingerprint density at radius 2 is 2.05 bits per heavy atom.